The second-order valence-corrected chi connectivity index (χ2v) is 25.5. The summed E-state index contributed by atoms with van der Waals surface area (Å²) in [6.07, 6.45) is 13.0. The van der Waals surface area contributed by atoms with Crippen molar-refractivity contribution in [3.05, 3.63) is 276 Å². The largest absolute Gasteiger partial charge is 0.308 e. The molecule has 0 N–H and O–H groups in total. The Bertz CT molecular complexity index is 5050. The van der Waals surface area contributed by atoms with Crippen molar-refractivity contribution in [2.45, 2.75) is 107 Å². The number of rotatable bonds is 20. The van der Waals surface area contributed by atoms with E-state index in [4.69, 9.17) is 39.9 Å². The van der Waals surface area contributed by atoms with E-state index >= 15 is 0 Å². The monoisotopic (exact) mass is 1300 g/mol. The highest BCUT2D eigenvalue weighted by Gasteiger charge is 2.35. The molecule has 0 saturated carbocycles. The van der Waals surface area contributed by atoms with Crippen molar-refractivity contribution >= 4 is 145 Å². The van der Waals surface area contributed by atoms with Crippen LogP contribution in [0.4, 0.5) is 68.2 Å². The summed E-state index contributed by atoms with van der Waals surface area (Å²) in [6, 6.07) is 75.3. The maximum Gasteiger partial charge on any atom is 0.159 e. The third-order valence-electron chi connectivity index (χ3n) is 20.1. The van der Waals surface area contributed by atoms with Gasteiger partial charge in [-0.1, -0.05) is 152 Å². The Kier molecular flexibility index (Phi) is 16.7. The maximum absolute atomic E-state index is 5.53. The number of aromatic nitrogens is 8. The van der Waals surface area contributed by atoms with E-state index in [1.807, 2.05) is 49.1 Å². The Hall–Kier alpha value is -11.8. The van der Waals surface area contributed by atoms with E-state index in [0.29, 0.717) is 25.7 Å². The van der Waals surface area contributed by atoms with Gasteiger partial charge in [0.25, 0.3) is 0 Å². The first-order chi connectivity index (χ1) is 49.3. The van der Waals surface area contributed by atoms with Crippen molar-refractivity contribution in [2.75, 3.05) is 19.6 Å². The van der Waals surface area contributed by atoms with Crippen LogP contribution in [0.2, 0.25) is 0 Å². The smallest absolute Gasteiger partial charge is 0.159 e. The average molecular weight is 1300 g/mol. The molecule has 490 valence electrons. The third-order valence-corrected chi connectivity index (χ3v) is 20.1. The van der Waals surface area contributed by atoms with Crippen LogP contribution in [0.25, 0.3) is 76.5 Å². The molecule has 0 aliphatic heterocycles. The van der Waals surface area contributed by atoms with Gasteiger partial charge in [0, 0.05) is 101 Å². The van der Waals surface area contributed by atoms with E-state index in [1.54, 1.807) is 0 Å². The van der Waals surface area contributed by atoms with Crippen LogP contribution in [0, 0.1) is 0 Å². The number of anilines is 12. The summed E-state index contributed by atoms with van der Waals surface area (Å²) in [5, 5.41) is 10.6. The lowest BCUT2D eigenvalue weighted by Crippen LogP contribution is -2.20. The van der Waals surface area contributed by atoms with Crippen LogP contribution in [0.1, 0.15) is 100 Å². The second-order valence-electron chi connectivity index (χ2n) is 25.5. The predicted molar refractivity (Wildman–Crippen MR) is 416 cm³/mol. The van der Waals surface area contributed by atoms with E-state index in [1.165, 1.54) is 22.3 Å². The van der Waals surface area contributed by atoms with E-state index in [9.17, 15) is 0 Å². The van der Waals surface area contributed by atoms with E-state index < -0.39 is 0 Å². The molecule has 16 aromatic rings. The van der Waals surface area contributed by atoms with Gasteiger partial charge in [0.15, 0.2) is 22.6 Å². The summed E-state index contributed by atoms with van der Waals surface area (Å²) >= 11 is 0. The minimum absolute atomic E-state index is 0.666. The molecule has 0 atom stereocenters. The van der Waals surface area contributed by atoms with Crippen LogP contribution in [0.3, 0.4) is 0 Å². The highest BCUT2D eigenvalue weighted by molar-refractivity contribution is 6.33. The van der Waals surface area contributed by atoms with Crippen LogP contribution >= 0.6 is 0 Å². The fourth-order valence-electron chi connectivity index (χ4n) is 15.8. The molecule has 8 heterocycles. The summed E-state index contributed by atoms with van der Waals surface area (Å²) in [7, 11) is 0. The minimum Gasteiger partial charge on any atom is -0.308 e. The zero-order valence-corrected chi connectivity index (χ0v) is 58.0. The Balaban J connectivity index is 1.16. The van der Waals surface area contributed by atoms with Gasteiger partial charge in [-0.25, -0.2) is 39.9 Å². The molecule has 0 saturated heterocycles. The molecule has 8 aromatic carbocycles. The third kappa shape index (κ3) is 10.3. The summed E-state index contributed by atoms with van der Waals surface area (Å²) < 4.78 is 0. The van der Waals surface area contributed by atoms with Gasteiger partial charge in [0.2, 0.25) is 0 Å². The molecule has 16 rings (SSSR count). The Morgan fingerprint density at radius 3 is 0.650 bits per heavy atom. The van der Waals surface area contributed by atoms with Crippen LogP contribution in [-0.2, 0) is 51.4 Å². The van der Waals surface area contributed by atoms with Crippen molar-refractivity contribution in [2.24, 2.45) is 0 Å². The van der Waals surface area contributed by atoms with E-state index in [2.05, 4.69) is 257 Å². The number of aryl methyl sites for hydroxylation is 8. The number of fused-ring (bicyclic) bond motifs is 4. The van der Waals surface area contributed by atoms with Crippen molar-refractivity contribution in [1.82, 2.24) is 39.9 Å². The lowest BCUT2D eigenvalue weighted by Gasteiger charge is -2.37. The fourth-order valence-corrected chi connectivity index (χ4v) is 15.8. The number of benzene rings is 8. The van der Waals surface area contributed by atoms with Gasteiger partial charge in [0.05, 0.1) is 68.3 Å². The molecule has 0 aliphatic carbocycles. The molecule has 0 amide bonds. The number of pyridine rings is 8. The van der Waals surface area contributed by atoms with Gasteiger partial charge >= 0.3 is 0 Å². The Morgan fingerprint density at radius 1 is 0.230 bits per heavy atom. The average Bonchev–Trinajstić information content (AvgIpc) is 0.694. The summed E-state index contributed by atoms with van der Waals surface area (Å²) in [5.74, 6) is 0. The van der Waals surface area contributed by atoms with Crippen LogP contribution < -0.4 is 19.6 Å². The van der Waals surface area contributed by atoms with Gasteiger partial charge in [-0.15, -0.1) is 0 Å². The first-order valence-corrected chi connectivity index (χ1v) is 35.6. The SMILES string of the molecule is CCc1nc2ncccc2c(CC)c1N(c1ccccc1)c1cc(N(c2ccccc2)c2c(CC)nc3ncccc3c2CC)c2ccc3c(N(c4ccccc4)c4c(CC)nc5ncccc5c4CC)cc(N(c4ccccc4)c4c(CC)nc5ncccc5c4CC)c4ccc1c2c43. The molecule has 0 unspecified atom stereocenters. The predicted octanol–water partition coefficient (Wildman–Crippen LogP) is 22.7. The number of hydrogen-bond donors (Lipinski definition) is 0. The summed E-state index contributed by atoms with van der Waals surface area (Å²) in [5.41, 5.74) is 23.7. The Labute approximate surface area is 583 Å². The fraction of sp³-hybridized carbons (Fsp3) is 0.182. The van der Waals surface area contributed by atoms with Crippen LogP contribution in [0.5, 0.6) is 0 Å². The van der Waals surface area contributed by atoms with E-state index in [0.717, 1.165) is 193 Å². The number of para-hydroxylation sites is 4. The molecule has 0 bridgehead atoms. The first-order valence-electron chi connectivity index (χ1n) is 35.6. The molecular weight excluding hydrogens is 1230 g/mol. The normalized spacial score (nSPS) is 11.7. The van der Waals surface area contributed by atoms with Gasteiger partial charge in [-0.2, -0.15) is 0 Å². The van der Waals surface area contributed by atoms with Crippen molar-refractivity contribution < 1.29 is 0 Å². The van der Waals surface area contributed by atoms with Crippen molar-refractivity contribution in [3.8, 4) is 0 Å². The van der Waals surface area contributed by atoms with Crippen LogP contribution in [0.15, 0.2) is 231 Å². The zero-order chi connectivity index (χ0) is 68.1. The molecular formula is C88H78N12. The molecule has 12 nitrogen and oxygen atoms in total. The van der Waals surface area contributed by atoms with Crippen LogP contribution in [-0.4, -0.2) is 39.9 Å². The van der Waals surface area contributed by atoms with E-state index in [-0.39, 0.29) is 0 Å². The topological polar surface area (TPSA) is 116 Å². The highest BCUT2D eigenvalue weighted by Crippen LogP contribution is 2.58. The zero-order valence-electron chi connectivity index (χ0n) is 58.0. The Morgan fingerprint density at radius 2 is 0.450 bits per heavy atom. The van der Waals surface area contributed by atoms with Gasteiger partial charge in [-0.05, 0) is 183 Å². The molecule has 0 spiro atoms. The molecule has 8 aromatic heterocycles. The minimum atomic E-state index is 0.666. The number of nitrogens with zero attached hydrogens (tertiary/aromatic N) is 12. The molecule has 0 aliphatic rings. The maximum atomic E-state index is 5.53. The highest BCUT2D eigenvalue weighted by atomic mass is 15.2. The quantitative estimate of drug-likeness (QED) is 0.0677. The lowest BCUT2D eigenvalue weighted by atomic mass is 9.88. The summed E-state index contributed by atoms with van der Waals surface area (Å²) in [4.78, 5) is 52.0. The molecule has 0 fully saturated rings. The lowest BCUT2D eigenvalue weighted by molar-refractivity contribution is 1.00. The molecule has 12 heteroatoms. The second kappa shape index (κ2) is 26.6. The number of hydrogen-bond acceptors (Lipinski definition) is 12. The van der Waals surface area contributed by atoms with Gasteiger partial charge < -0.3 is 19.6 Å². The standard InChI is InChI=1S/C88H78N12/c1-9-59-63-41-29-49-89-85(63)93-71(13-5)81(59)97(55-33-21-17-22-34-55)75-53-76(98(56-35-23-18-24-36-56)82-60(10-2)64-42-30-50-90-86(64)94-72(82)14-6)68-47-48-70-78(100(58-39-27-20-28-40-58)84-62(12-4)66-44-32-52-92-88(66)96-74(84)16-8)54-77(69-46-45-67(75)79(68)80(69)70)99(57-37-25-19-26-38-57)83-61(11-3)65-43-31-51-91-87(65)95-73(83)15-7/h17-54H,9-16H2,1-8H3. The first kappa shape index (κ1) is 63.0. The molecule has 100 heavy (non-hydrogen) atoms. The molecule has 0 radical (unpaired) electrons. The van der Waals surface area contributed by atoms with Gasteiger partial charge in [0.1, 0.15) is 0 Å². The van der Waals surface area contributed by atoms with Crippen molar-refractivity contribution in [3.63, 3.8) is 0 Å². The van der Waals surface area contributed by atoms with Crippen molar-refractivity contribution in [1.29, 1.82) is 0 Å². The summed E-state index contributed by atoms with van der Waals surface area (Å²) in [6.45, 7) is 18.0. The van der Waals surface area contributed by atoms with Gasteiger partial charge in [-0.3, -0.25) is 0 Å².